The third-order valence-corrected chi connectivity index (χ3v) is 4.11. The average Bonchev–Trinajstić information content (AvgIpc) is 2.33. The van der Waals surface area contributed by atoms with E-state index in [9.17, 15) is 52.3 Å². The Morgan fingerprint density at radius 2 is 1.17 bits per heavy atom. The molecule has 0 fully saturated rings. The smallest absolute Gasteiger partial charge is 0.218 e. The van der Waals surface area contributed by atoms with Crippen LogP contribution in [-0.2, 0) is 15.5 Å². The molecule has 1 aromatic carbocycles. The molecule has 0 atom stereocenters. The van der Waals surface area contributed by atoms with Crippen LogP contribution in [0.3, 0.4) is 0 Å². The third kappa shape index (κ3) is 3.10. The molecular formula is C10H4F10O2S. The Bertz CT molecular complexity index is 669. The molecule has 0 radical (unpaired) electrons. The van der Waals surface area contributed by atoms with Gasteiger partial charge in [0.25, 0.3) is 9.84 Å². The van der Waals surface area contributed by atoms with Gasteiger partial charge in [0.2, 0.25) is 0 Å². The molecule has 0 bridgehead atoms. The van der Waals surface area contributed by atoms with Gasteiger partial charge in [-0.3, -0.25) is 0 Å². The molecule has 0 amide bonds. The molecule has 0 N–H and O–H groups in total. The predicted molar refractivity (Wildman–Crippen MR) is 54.6 cm³/mol. The van der Waals surface area contributed by atoms with E-state index in [1.807, 2.05) is 0 Å². The highest BCUT2D eigenvalue weighted by atomic mass is 32.2. The van der Waals surface area contributed by atoms with Gasteiger partial charge in [-0.15, -0.1) is 0 Å². The third-order valence-electron chi connectivity index (χ3n) is 2.63. The van der Waals surface area contributed by atoms with Gasteiger partial charge >= 0.3 is 23.5 Å². The van der Waals surface area contributed by atoms with Gasteiger partial charge in [0.05, 0.1) is 4.90 Å². The van der Waals surface area contributed by atoms with Crippen LogP contribution in [0.5, 0.6) is 0 Å². The monoisotopic (exact) mass is 378 g/mol. The minimum atomic E-state index is -6.58. The molecule has 1 aromatic rings. The van der Waals surface area contributed by atoms with Crippen LogP contribution in [0, 0.1) is 0 Å². The van der Waals surface area contributed by atoms with Crippen molar-refractivity contribution in [2.24, 2.45) is 0 Å². The summed E-state index contributed by atoms with van der Waals surface area (Å²) in [7, 11) is -6.25. The van der Waals surface area contributed by atoms with Gasteiger partial charge in [-0.25, -0.2) is 12.8 Å². The van der Waals surface area contributed by atoms with Crippen LogP contribution < -0.4 is 0 Å². The largest absolute Gasteiger partial charge is 0.501 e. The zero-order chi connectivity index (χ0) is 18.5. The number of benzene rings is 1. The van der Waals surface area contributed by atoms with Crippen LogP contribution in [0.4, 0.5) is 43.9 Å². The summed E-state index contributed by atoms with van der Waals surface area (Å²) in [4.78, 5) is -1.95. The van der Waals surface area contributed by atoms with Crippen molar-refractivity contribution >= 4 is 9.84 Å². The second-order valence-corrected chi connectivity index (χ2v) is 6.07. The van der Waals surface area contributed by atoms with E-state index in [4.69, 9.17) is 0 Å². The van der Waals surface area contributed by atoms with Crippen LogP contribution in [0.1, 0.15) is 5.56 Å². The number of halogens is 10. The van der Waals surface area contributed by atoms with Crippen LogP contribution in [0.25, 0.3) is 0 Å². The Kier molecular flexibility index (Phi) is 4.45. The number of alkyl halides is 10. The SMILES string of the molecule is O=S(=O)(c1cccc(C(F)(C(F)(F)F)C(F)(F)F)c1)C(F)(F)F. The maximum atomic E-state index is 13.7. The van der Waals surface area contributed by atoms with Gasteiger partial charge in [-0.2, -0.15) is 39.5 Å². The molecule has 1 rings (SSSR count). The highest BCUT2D eigenvalue weighted by molar-refractivity contribution is 7.92. The van der Waals surface area contributed by atoms with Gasteiger partial charge < -0.3 is 0 Å². The van der Waals surface area contributed by atoms with Gasteiger partial charge in [-0.05, 0) is 12.1 Å². The zero-order valence-corrected chi connectivity index (χ0v) is 11.1. The number of rotatable bonds is 2. The number of hydrogen-bond acceptors (Lipinski definition) is 2. The first kappa shape index (κ1) is 19.5. The van der Waals surface area contributed by atoms with Crippen molar-refractivity contribution in [3.05, 3.63) is 29.8 Å². The Balaban J connectivity index is 3.67. The van der Waals surface area contributed by atoms with Crippen LogP contribution >= 0.6 is 0 Å². The van der Waals surface area contributed by atoms with E-state index in [1.165, 1.54) is 0 Å². The highest BCUT2D eigenvalue weighted by Gasteiger charge is 2.73. The molecule has 0 heterocycles. The predicted octanol–water partition coefficient (Wildman–Crippen LogP) is 4.27. The molecule has 23 heavy (non-hydrogen) atoms. The second-order valence-electron chi connectivity index (χ2n) is 4.13. The molecule has 13 heteroatoms. The molecule has 0 aliphatic heterocycles. The lowest BCUT2D eigenvalue weighted by Gasteiger charge is -2.30. The summed E-state index contributed by atoms with van der Waals surface area (Å²) in [6.45, 7) is 0. The first-order valence-electron chi connectivity index (χ1n) is 5.20. The second kappa shape index (κ2) is 5.24. The van der Waals surface area contributed by atoms with E-state index in [0.717, 1.165) is 0 Å². The first-order chi connectivity index (χ1) is 9.96. The fourth-order valence-electron chi connectivity index (χ4n) is 1.50. The average molecular weight is 378 g/mol. The molecular weight excluding hydrogens is 374 g/mol. The zero-order valence-electron chi connectivity index (χ0n) is 10.3. The Labute approximate surface area is 121 Å². The summed E-state index contributed by atoms with van der Waals surface area (Å²) in [6.07, 6.45) is -13.2. The summed E-state index contributed by atoms with van der Waals surface area (Å²) < 4.78 is 147. The normalized spacial score (nSPS) is 14.9. The van der Waals surface area contributed by atoms with Crippen molar-refractivity contribution in [1.82, 2.24) is 0 Å². The van der Waals surface area contributed by atoms with E-state index in [-0.39, 0.29) is 18.2 Å². The first-order valence-corrected chi connectivity index (χ1v) is 6.69. The quantitative estimate of drug-likeness (QED) is 0.721. The van der Waals surface area contributed by atoms with Crippen LogP contribution in [-0.4, -0.2) is 26.3 Å². The van der Waals surface area contributed by atoms with Crippen LogP contribution in [0.15, 0.2) is 29.2 Å². The van der Waals surface area contributed by atoms with Gasteiger partial charge in [0.15, 0.2) is 0 Å². The summed E-state index contributed by atoms with van der Waals surface area (Å²) in [5.41, 5.74) is -14.3. The lowest BCUT2D eigenvalue weighted by atomic mass is 9.94. The van der Waals surface area contributed by atoms with Crippen molar-refractivity contribution in [3.63, 3.8) is 0 Å². The summed E-state index contributed by atoms with van der Waals surface area (Å²) in [5.74, 6) is 0. The van der Waals surface area contributed by atoms with Crippen molar-refractivity contribution in [2.75, 3.05) is 0 Å². The number of sulfone groups is 1. The Morgan fingerprint density at radius 3 is 1.52 bits per heavy atom. The minimum absolute atomic E-state index is 0.0967. The fraction of sp³-hybridized carbons (Fsp3) is 0.400. The minimum Gasteiger partial charge on any atom is -0.218 e. The Hall–Kier alpha value is -1.53. The molecule has 0 aliphatic rings. The van der Waals surface area contributed by atoms with E-state index in [0.29, 0.717) is 0 Å². The van der Waals surface area contributed by atoms with Crippen molar-refractivity contribution in [2.45, 2.75) is 28.4 Å². The van der Waals surface area contributed by atoms with Crippen LogP contribution in [0.2, 0.25) is 0 Å². The molecule has 0 spiro atoms. The van der Waals surface area contributed by atoms with Gasteiger partial charge in [0, 0.05) is 5.56 Å². The topological polar surface area (TPSA) is 34.1 Å². The van der Waals surface area contributed by atoms with E-state index in [2.05, 4.69) is 0 Å². The molecule has 132 valence electrons. The van der Waals surface area contributed by atoms with E-state index < -0.39 is 49.9 Å². The molecule has 0 saturated carbocycles. The molecule has 2 nitrogen and oxygen atoms in total. The molecule has 0 aromatic heterocycles. The summed E-state index contributed by atoms with van der Waals surface area (Å²) in [5, 5.41) is 0. The Morgan fingerprint density at radius 1 is 0.739 bits per heavy atom. The fourth-order valence-corrected chi connectivity index (χ4v) is 2.31. The van der Waals surface area contributed by atoms with Crippen molar-refractivity contribution < 1.29 is 52.3 Å². The lowest BCUT2D eigenvalue weighted by Crippen LogP contribution is -2.50. The standard InChI is InChI=1S/C10H4F10O2S/c11-7(8(12,13)14,9(15,16)17)5-2-1-3-6(4-5)23(21,22)10(18,19)20/h1-4H. The molecule has 0 aliphatic carbocycles. The summed E-state index contributed by atoms with van der Waals surface area (Å²) >= 11 is 0. The van der Waals surface area contributed by atoms with E-state index >= 15 is 0 Å². The van der Waals surface area contributed by atoms with Crippen molar-refractivity contribution in [1.29, 1.82) is 0 Å². The van der Waals surface area contributed by atoms with E-state index in [1.54, 1.807) is 0 Å². The maximum absolute atomic E-state index is 13.7. The molecule has 0 saturated heterocycles. The highest BCUT2D eigenvalue weighted by Crippen LogP contribution is 2.53. The maximum Gasteiger partial charge on any atom is 0.501 e. The summed E-state index contributed by atoms with van der Waals surface area (Å²) in [6, 6.07) is -0.528. The molecule has 0 unspecified atom stereocenters. The van der Waals surface area contributed by atoms with Gasteiger partial charge in [0.1, 0.15) is 0 Å². The van der Waals surface area contributed by atoms with Crippen molar-refractivity contribution in [3.8, 4) is 0 Å². The lowest BCUT2D eigenvalue weighted by molar-refractivity contribution is -0.348. The number of hydrogen-bond donors (Lipinski definition) is 0. The van der Waals surface area contributed by atoms with Gasteiger partial charge in [-0.1, -0.05) is 12.1 Å².